The van der Waals surface area contributed by atoms with Crippen LogP contribution in [0.2, 0.25) is 0 Å². The molecule has 0 radical (unpaired) electrons. The molecule has 7 heteroatoms. The van der Waals surface area contributed by atoms with Gasteiger partial charge in [-0.2, -0.15) is 0 Å². The number of carbonyl (C=O) groups excluding carboxylic acids is 1. The van der Waals surface area contributed by atoms with E-state index in [2.05, 4.69) is 44.3 Å². The van der Waals surface area contributed by atoms with E-state index in [0.29, 0.717) is 13.1 Å². The first-order chi connectivity index (χ1) is 11.1. The van der Waals surface area contributed by atoms with E-state index in [1.54, 1.807) is 4.90 Å². The fraction of sp³-hybridized carbons (Fsp3) is 0.562. The Morgan fingerprint density at radius 1 is 1.39 bits per heavy atom. The van der Waals surface area contributed by atoms with Crippen molar-refractivity contribution in [1.82, 2.24) is 15.1 Å². The number of halogens is 1. The summed E-state index contributed by atoms with van der Waals surface area (Å²) < 4.78 is 5.95. The molecule has 1 amide bonds. The molecule has 2 N–H and O–H groups in total. The minimum atomic E-state index is -1.24. The van der Waals surface area contributed by atoms with E-state index >= 15 is 0 Å². The quantitative estimate of drug-likeness (QED) is 0.728. The fourth-order valence-corrected chi connectivity index (χ4v) is 3.03. The van der Waals surface area contributed by atoms with Crippen molar-refractivity contribution in [2.24, 2.45) is 0 Å². The number of hydrogen-bond acceptors (Lipinski definition) is 5. The summed E-state index contributed by atoms with van der Waals surface area (Å²) in [4.78, 5) is 15.8. The van der Waals surface area contributed by atoms with Gasteiger partial charge in [0.25, 0.3) is 6.41 Å². The highest BCUT2D eigenvalue weighted by atomic mass is 79.9. The Bertz CT molecular complexity index is 507. The molecule has 1 aromatic carbocycles. The zero-order chi connectivity index (χ0) is 16.7. The molecule has 0 aliphatic carbocycles. The molecule has 6 nitrogen and oxygen atoms in total. The summed E-state index contributed by atoms with van der Waals surface area (Å²) in [5, 5.41) is 11.7. The van der Waals surface area contributed by atoms with Crippen LogP contribution in [0.15, 0.2) is 28.7 Å². The zero-order valence-corrected chi connectivity index (χ0v) is 15.0. The molecule has 1 aromatic rings. The first kappa shape index (κ1) is 18.2. The monoisotopic (exact) mass is 385 g/mol. The molecule has 1 aliphatic heterocycles. The van der Waals surface area contributed by atoms with E-state index in [9.17, 15) is 9.90 Å². The predicted molar refractivity (Wildman–Crippen MR) is 92.0 cm³/mol. The van der Waals surface area contributed by atoms with Gasteiger partial charge in [-0.25, -0.2) is 4.79 Å². The number of ether oxygens (including phenoxy) is 1. The maximum atomic E-state index is 11.8. The molecule has 1 heterocycles. The predicted octanol–water partition coefficient (Wildman–Crippen LogP) is 1.63. The SMILES string of the molecule is CNC(O)OC(=O)N1CCN(CCCc2cccc(Br)c2)CC1. The van der Waals surface area contributed by atoms with Gasteiger partial charge in [0.05, 0.1) is 0 Å². The molecule has 1 unspecified atom stereocenters. The molecule has 128 valence electrons. The molecule has 0 aromatic heterocycles. The van der Waals surface area contributed by atoms with Gasteiger partial charge in [0, 0.05) is 30.7 Å². The third-order valence-corrected chi connectivity index (χ3v) is 4.41. The van der Waals surface area contributed by atoms with Crippen LogP contribution in [0.1, 0.15) is 12.0 Å². The van der Waals surface area contributed by atoms with E-state index in [4.69, 9.17) is 4.74 Å². The van der Waals surface area contributed by atoms with Gasteiger partial charge in [0.1, 0.15) is 0 Å². The van der Waals surface area contributed by atoms with Gasteiger partial charge < -0.3 is 14.7 Å². The van der Waals surface area contributed by atoms with E-state index in [-0.39, 0.29) is 0 Å². The molecule has 0 spiro atoms. The van der Waals surface area contributed by atoms with Crippen LogP contribution in [0.5, 0.6) is 0 Å². The Morgan fingerprint density at radius 3 is 2.78 bits per heavy atom. The summed E-state index contributed by atoms with van der Waals surface area (Å²) in [6.45, 7) is 3.96. The minimum Gasteiger partial charge on any atom is -0.405 e. The van der Waals surface area contributed by atoms with Crippen LogP contribution in [0.3, 0.4) is 0 Å². The molecular weight excluding hydrogens is 362 g/mol. The van der Waals surface area contributed by atoms with E-state index < -0.39 is 12.5 Å². The van der Waals surface area contributed by atoms with Crippen LogP contribution in [0.25, 0.3) is 0 Å². The van der Waals surface area contributed by atoms with E-state index in [1.165, 1.54) is 12.6 Å². The van der Waals surface area contributed by atoms with Gasteiger partial charge in [-0.3, -0.25) is 10.2 Å². The van der Waals surface area contributed by atoms with Crippen molar-refractivity contribution < 1.29 is 14.6 Å². The molecule has 1 atom stereocenters. The van der Waals surface area contributed by atoms with Crippen LogP contribution in [-0.4, -0.2) is 67.2 Å². The Kier molecular flexibility index (Phi) is 7.29. The number of nitrogens with zero attached hydrogens (tertiary/aromatic N) is 2. The van der Waals surface area contributed by atoms with Gasteiger partial charge in [-0.05, 0) is 44.1 Å². The Morgan fingerprint density at radius 2 is 2.13 bits per heavy atom. The van der Waals surface area contributed by atoms with E-state index in [1.807, 2.05) is 6.07 Å². The standard InChI is InChI=1S/C16H24BrN3O3/c1-18-15(21)23-16(22)20-10-8-19(9-11-20)7-3-5-13-4-2-6-14(17)12-13/h2,4,6,12,15,18,21H,3,5,7-11H2,1H3. The lowest BCUT2D eigenvalue weighted by atomic mass is 10.1. The average molecular weight is 386 g/mol. The van der Waals surface area contributed by atoms with Crippen LogP contribution in [0, 0.1) is 0 Å². The van der Waals surface area contributed by atoms with Gasteiger partial charge >= 0.3 is 6.09 Å². The highest BCUT2D eigenvalue weighted by molar-refractivity contribution is 9.10. The maximum absolute atomic E-state index is 11.8. The Balaban J connectivity index is 1.66. The largest absolute Gasteiger partial charge is 0.413 e. The third kappa shape index (κ3) is 6.10. The van der Waals surface area contributed by atoms with Gasteiger partial charge in [-0.1, -0.05) is 28.1 Å². The van der Waals surface area contributed by atoms with Crippen molar-refractivity contribution in [2.45, 2.75) is 19.3 Å². The van der Waals surface area contributed by atoms with Crippen molar-refractivity contribution in [3.05, 3.63) is 34.3 Å². The third-order valence-electron chi connectivity index (χ3n) is 3.92. The summed E-state index contributed by atoms with van der Waals surface area (Å²) in [5.74, 6) is 0. The second-order valence-corrected chi connectivity index (χ2v) is 6.50. The zero-order valence-electron chi connectivity index (χ0n) is 13.4. The normalized spacial score (nSPS) is 17.1. The number of hydrogen-bond donors (Lipinski definition) is 2. The highest BCUT2D eigenvalue weighted by Crippen LogP contribution is 2.13. The summed E-state index contributed by atoms with van der Waals surface area (Å²) in [6.07, 6.45) is 0.432. The van der Waals surface area contributed by atoms with Gasteiger partial charge in [-0.15, -0.1) is 0 Å². The van der Waals surface area contributed by atoms with Crippen molar-refractivity contribution >= 4 is 22.0 Å². The molecule has 1 saturated heterocycles. The molecule has 0 bridgehead atoms. The number of aryl methyl sites for hydroxylation is 1. The lowest BCUT2D eigenvalue weighted by molar-refractivity contribution is -0.0830. The molecule has 1 fully saturated rings. The number of rotatable bonds is 6. The number of aliphatic hydroxyl groups is 1. The molecule has 1 aliphatic rings. The van der Waals surface area contributed by atoms with Crippen molar-refractivity contribution in [1.29, 1.82) is 0 Å². The second-order valence-electron chi connectivity index (χ2n) is 5.59. The number of amides is 1. The number of aliphatic hydroxyl groups excluding tert-OH is 1. The number of piperazine rings is 1. The van der Waals surface area contributed by atoms with Crippen molar-refractivity contribution in [3.63, 3.8) is 0 Å². The highest BCUT2D eigenvalue weighted by Gasteiger charge is 2.23. The molecular formula is C16H24BrN3O3. The van der Waals surface area contributed by atoms with Crippen LogP contribution >= 0.6 is 15.9 Å². The fourth-order valence-electron chi connectivity index (χ4n) is 2.58. The van der Waals surface area contributed by atoms with Gasteiger partial charge in [0.2, 0.25) is 0 Å². The van der Waals surface area contributed by atoms with Crippen molar-refractivity contribution in [3.8, 4) is 0 Å². The van der Waals surface area contributed by atoms with Crippen LogP contribution < -0.4 is 5.32 Å². The summed E-state index contributed by atoms with van der Waals surface area (Å²) in [6, 6.07) is 8.39. The molecule has 2 rings (SSSR count). The first-order valence-electron chi connectivity index (χ1n) is 7.86. The lowest BCUT2D eigenvalue weighted by Crippen LogP contribution is -2.50. The second kappa shape index (κ2) is 9.22. The molecule has 0 saturated carbocycles. The Hall–Kier alpha value is -1.15. The molecule has 23 heavy (non-hydrogen) atoms. The van der Waals surface area contributed by atoms with Crippen LogP contribution in [0.4, 0.5) is 4.79 Å². The number of nitrogens with one attached hydrogen (secondary N) is 1. The number of benzene rings is 1. The average Bonchev–Trinajstić information content (AvgIpc) is 2.55. The van der Waals surface area contributed by atoms with E-state index in [0.717, 1.165) is 36.9 Å². The minimum absolute atomic E-state index is 0.472. The smallest absolute Gasteiger partial charge is 0.405 e. The summed E-state index contributed by atoms with van der Waals surface area (Å²) >= 11 is 3.49. The summed E-state index contributed by atoms with van der Waals surface area (Å²) in [7, 11) is 1.53. The topological polar surface area (TPSA) is 65.0 Å². The summed E-state index contributed by atoms with van der Waals surface area (Å²) in [5.41, 5.74) is 1.34. The first-order valence-corrected chi connectivity index (χ1v) is 8.65. The number of carbonyl (C=O) groups is 1. The van der Waals surface area contributed by atoms with Crippen molar-refractivity contribution in [2.75, 3.05) is 39.8 Å². The Labute approximate surface area is 145 Å². The maximum Gasteiger partial charge on any atom is 0.413 e. The lowest BCUT2D eigenvalue weighted by Gasteiger charge is -2.34. The van der Waals surface area contributed by atoms with Crippen LogP contribution in [-0.2, 0) is 11.2 Å². The van der Waals surface area contributed by atoms with Gasteiger partial charge in [0.15, 0.2) is 0 Å².